The molecule has 0 aromatic carbocycles. The summed E-state index contributed by atoms with van der Waals surface area (Å²) in [7, 11) is 0. The molecule has 1 fully saturated rings. The molecule has 0 spiro atoms. The van der Waals surface area contributed by atoms with Crippen molar-refractivity contribution in [2.24, 2.45) is 5.92 Å². The number of carbonyl (C=O) groups excluding carboxylic acids is 1. The highest BCUT2D eigenvalue weighted by Crippen LogP contribution is 2.32. The van der Waals surface area contributed by atoms with Gasteiger partial charge in [0, 0.05) is 12.2 Å². The lowest BCUT2D eigenvalue weighted by Gasteiger charge is -2.36. The Bertz CT molecular complexity index is 718. The molecular formula is C16H20ClN3O2S. The van der Waals surface area contributed by atoms with Crippen LogP contribution < -0.4 is 5.32 Å². The lowest BCUT2D eigenvalue weighted by atomic mass is 9.77. The molecule has 124 valence electrons. The van der Waals surface area contributed by atoms with Crippen molar-refractivity contribution in [1.29, 1.82) is 0 Å². The Morgan fingerprint density at radius 1 is 1.39 bits per heavy atom. The average Bonchev–Trinajstić information content (AvgIpc) is 2.85. The second-order valence-electron chi connectivity index (χ2n) is 6.69. The Morgan fingerprint density at radius 3 is 2.74 bits per heavy atom. The topological polar surface area (TPSA) is 75.1 Å². The van der Waals surface area contributed by atoms with Gasteiger partial charge < -0.3 is 10.4 Å². The van der Waals surface area contributed by atoms with Gasteiger partial charge in [0.15, 0.2) is 10.1 Å². The molecule has 5 nitrogen and oxygen atoms in total. The molecule has 1 amide bonds. The van der Waals surface area contributed by atoms with Crippen molar-refractivity contribution in [3.8, 4) is 0 Å². The van der Waals surface area contributed by atoms with E-state index in [1.54, 1.807) is 6.07 Å². The molecule has 0 unspecified atom stereocenters. The quantitative estimate of drug-likeness (QED) is 0.886. The summed E-state index contributed by atoms with van der Waals surface area (Å²) in [6.07, 6.45) is 5.17. The minimum atomic E-state index is -0.643. The van der Waals surface area contributed by atoms with Crippen LogP contribution in [0.5, 0.6) is 0 Å². The number of halogens is 1. The highest BCUT2D eigenvalue weighted by molar-refractivity contribution is 7.22. The van der Waals surface area contributed by atoms with Crippen molar-refractivity contribution in [2.45, 2.75) is 51.2 Å². The van der Waals surface area contributed by atoms with E-state index in [2.05, 4.69) is 15.3 Å². The number of carbonyl (C=O) groups is 1. The van der Waals surface area contributed by atoms with Crippen LogP contribution in [0.1, 0.15) is 49.9 Å². The SMILES string of the molecule is CC(C)(O)C1CCC(NC(=O)c2cnc3nc(Cl)sc3c2)CC1. The van der Waals surface area contributed by atoms with Gasteiger partial charge in [0.25, 0.3) is 5.91 Å². The maximum Gasteiger partial charge on any atom is 0.253 e. The van der Waals surface area contributed by atoms with E-state index in [0.717, 1.165) is 30.4 Å². The molecule has 0 saturated heterocycles. The predicted molar refractivity (Wildman–Crippen MR) is 91.9 cm³/mol. The summed E-state index contributed by atoms with van der Waals surface area (Å²) in [5.74, 6) is 0.184. The third-order valence-electron chi connectivity index (χ3n) is 4.54. The van der Waals surface area contributed by atoms with Crippen molar-refractivity contribution in [3.05, 3.63) is 22.3 Å². The molecule has 7 heteroatoms. The average molecular weight is 354 g/mol. The monoisotopic (exact) mass is 353 g/mol. The second-order valence-corrected chi connectivity index (χ2v) is 8.30. The van der Waals surface area contributed by atoms with E-state index in [4.69, 9.17) is 11.6 Å². The Kier molecular flexibility index (Phi) is 4.58. The molecule has 3 rings (SSSR count). The first-order valence-corrected chi connectivity index (χ1v) is 8.97. The van der Waals surface area contributed by atoms with Gasteiger partial charge in [-0.15, -0.1) is 11.3 Å². The van der Waals surface area contributed by atoms with Crippen molar-refractivity contribution in [2.75, 3.05) is 0 Å². The fraction of sp³-hybridized carbons (Fsp3) is 0.562. The summed E-state index contributed by atoms with van der Waals surface area (Å²) < 4.78 is 1.24. The van der Waals surface area contributed by atoms with Gasteiger partial charge in [0.2, 0.25) is 0 Å². The smallest absolute Gasteiger partial charge is 0.253 e. The number of aromatic nitrogens is 2. The first kappa shape index (κ1) is 16.6. The van der Waals surface area contributed by atoms with Crippen molar-refractivity contribution in [3.63, 3.8) is 0 Å². The van der Waals surface area contributed by atoms with Crippen LogP contribution in [0.2, 0.25) is 4.47 Å². The first-order valence-electron chi connectivity index (χ1n) is 7.78. The van der Waals surface area contributed by atoms with E-state index < -0.39 is 5.60 Å². The van der Waals surface area contributed by atoms with E-state index >= 15 is 0 Å². The van der Waals surface area contributed by atoms with E-state index in [9.17, 15) is 9.90 Å². The highest BCUT2D eigenvalue weighted by atomic mass is 35.5. The summed E-state index contributed by atoms with van der Waals surface area (Å²) in [5.41, 5.74) is 0.458. The Balaban J connectivity index is 1.62. The number of amides is 1. The van der Waals surface area contributed by atoms with Gasteiger partial charge in [0.1, 0.15) is 0 Å². The van der Waals surface area contributed by atoms with Crippen LogP contribution in [0.4, 0.5) is 0 Å². The highest BCUT2D eigenvalue weighted by Gasteiger charge is 2.31. The summed E-state index contributed by atoms with van der Waals surface area (Å²) in [6.45, 7) is 3.72. The number of hydrogen-bond acceptors (Lipinski definition) is 5. The van der Waals surface area contributed by atoms with Gasteiger partial charge in [-0.1, -0.05) is 11.6 Å². The third kappa shape index (κ3) is 3.82. The zero-order valence-electron chi connectivity index (χ0n) is 13.2. The number of nitrogens with one attached hydrogen (secondary N) is 1. The molecule has 2 N–H and O–H groups in total. The van der Waals surface area contributed by atoms with E-state index in [0.29, 0.717) is 21.6 Å². The lowest BCUT2D eigenvalue weighted by Crippen LogP contribution is -2.41. The molecule has 1 aliphatic carbocycles. The number of hydrogen-bond donors (Lipinski definition) is 2. The van der Waals surface area contributed by atoms with Crippen molar-refractivity contribution >= 4 is 39.2 Å². The molecule has 0 atom stereocenters. The summed E-state index contributed by atoms with van der Waals surface area (Å²) in [6, 6.07) is 1.94. The van der Waals surface area contributed by atoms with Crippen molar-refractivity contribution < 1.29 is 9.90 Å². The summed E-state index contributed by atoms with van der Waals surface area (Å²) >= 11 is 7.18. The number of fused-ring (bicyclic) bond motifs is 1. The minimum Gasteiger partial charge on any atom is -0.390 e. The predicted octanol–water partition coefficient (Wildman–Crippen LogP) is 3.40. The minimum absolute atomic E-state index is 0.115. The van der Waals surface area contributed by atoms with Gasteiger partial charge in [-0.2, -0.15) is 0 Å². The van der Waals surface area contributed by atoms with Crippen LogP contribution in [0, 0.1) is 5.92 Å². The van der Waals surface area contributed by atoms with Gasteiger partial charge >= 0.3 is 0 Å². The van der Waals surface area contributed by atoms with E-state index in [-0.39, 0.29) is 11.9 Å². The number of pyridine rings is 1. The number of nitrogens with zero attached hydrogens (tertiary/aromatic N) is 2. The summed E-state index contributed by atoms with van der Waals surface area (Å²) in [5, 5.41) is 13.1. The fourth-order valence-corrected chi connectivity index (χ4v) is 4.15. The van der Waals surface area contributed by atoms with Gasteiger partial charge in [-0.05, 0) is 51.5 Å². The Morgan fingerprint density at radius 2 is 2.09 bits per heavy atom. The Labute approximate surface area is 144 Å². The fourth-order valence-electron chi connectivity index (χ4n) is 3.13. The molecule has 0 bridgehead atoms. The lowest BCUT2D eigenvalue weighted by molar-refractivity contribution is -0.00257. The molecule has 2 aromatic rings. The molecule has 0 aliphatic heterocycles. The molecule has 2 aromatic heterocycles. The number of aliphatic hydroxyl groups is 1. The van der Waals surface area contributed by atoms with Crippen LogP contribution in [0.25, 0.3) is 10.3 Å². The standard InChI is InChI=1S/C16H20ClN3O2S/c1-16(2,22)10-3-5-11(6-4-10)19-14(21)9-7-12-13(18-8-9)20-15(17)23-12/h7-8,10-11,22H,3-6H2,1-2H3,(H,19,21). The van der Waals surface area contributed by atoms with E-state index in [1.165, 1.54) is 17.5 Å². The van der Waals surface area contributed by atoms with Gasteiger partial charge in [0.05, 0.1) is 15.9 Å². The number of rotatable bonds is 3. The second kappa shape index (κ2) is 6.34. The maximum atomic E-state index is 12.4. The number of thiazole rings is 1. The van der Waals surface area contributed by atoms with Crippen LogP contribution in [-0.2, 0) is 0 Å². The van der Waals surface area contributed by atoms with Gasteiger partial charge in [-0.25, -0.2) is 9.97 Å². The third-order valence-corrected chi connectivity index (χ3v) is 5.64. The molecule has 1 saturated carbocycles. The Hall–Kier alpha value is -1.24. The maximum absolute atomic E-state index is 12.4. The largest absolute Gasteiger partial charge is 0.390 e. The van der Waals surface area contributed by atoms with Gasteiger partial charge in [-0.3, -0.25) is 4.79 Å². The zero-order chi connectivity index (χ0) is 16.6. The van der Waals surface area contributed by atoms with E-state index in [1.807, 2.05) is 13.8 Å². The van der Waals surface area contributed by atoms with Crippen LogP contribution >= 0.6 is 22.9 Å². The molecule has 0 radical (unpaired) electrons. The van der Waals surface area contributed by atoms with Crippen molar-refractivity contribution in [1.82, 2.24) is 15.3 Å². The molecule has 23 heavy (non-hydrogen) atoms. The van der Waals surface area contributed by atoms with Crippen LogP contribution in [0.15, 0.2) is 12.3 Å². The normalized spacial score (nSPS) is 22.3. The zero-order valence-corrected chi connectivity index (χ0v) is 14.7. The summed E-state index contributed by atoms with van der Waals surface area (Å²) in [4.78, 5) is 20.7. The molecular weight excluding hydrogens is 334 g/mol. The van der Waals surface area contributed by atoms with Crippen LogP contribution in [-0.4, -0.2) is 32.6 Å². The van der Waals surface area contributed by atoms with Crippen LogP contribution in [0.3, 0.4) is 0 Å². The first-order chi connectivity index (χ1) is 10.8. The molecule has 1 aliphatic rings. The molecule has 2 heterocycles.